The Morgan fingerprint density at radius 1 is 0.880 bits per heavy atom. The number of rotatable bonds is 3. The first-order valence-corrected chi connectivity index (χ1v) is 9.35. The molecule has 0 spiro atoms. The van der Waals surface area contributed by atoms with Crippen molar-refractivity contribution in [3.63, 3.8) is 0 Å². The average molecular weight is 395 g/mol. The fraction of sp³-hybridized carbons (Fsp3) is 0.190. The molecule has 3 nitrogen and oxygen atoms in total. The summed E-state index contributed by atoms with van der Waals surface area (Å²) in [5, 5.41) is 5.00. The summed E-state index contributed by atoms with van der Waals surface area (Å²) in [4.78, 5) is 15.1. The van der Waals surface area contributed by atoms with E-state index in [9.17, 15) is 4.79 Å². The van der Waals surface area contributed by atoms with Crippen molar-refractivity contribution in [2.24, 2.45) is 0 Å². The van der Waals surface area contributed by atoms with Crippen LogP contribution in [-0.2, 0) is 0 Å². The second kappa shape index (κ2) is 6.89. The Morgan fingerprint density at radius 3 is 2.32 bits per heavy atom. The molecule has 1 aliphatic rings. The van der Waals surface area contributed by atoms with Gasteiger partial charge in [0, 0.05) is 34.5 Å². The van der Waals surface area contributed by atoms with Crippen LogP contribution in [0.2, 0.25) is 0 Å². The molecular formula is C21H19BrN2O. The maximum absolute atomic E-state index is 12.7. The van der Waals surface area contributed by atoms with E-state index in [2.05, 4.69) is 38.3 Å². The molecular weight excluding hydrogens is 376 g/mol. The van der Waals surface area contributed by atoms with Crippen molar-refractivity contribution in [2.75, 3.05) is 23.3 Å². The highest BCUT2D eigenvalue weighted by Crippen LogP contribution is 2.27. The number of benzene rings is 3. The van der Waals surface area contributed by atoms with Gasteiger partial charge in [-0.3, -0.25) is 4.79 Å². The van der Waals surface area contributed by atoms with Gasteiger partial charge in [-0.15, -0.1) is 0 Å². The fourth-order valence-corrected chi connectivity index (χ4v) is 3.90. The molecule has 0 unspecified atom stereocenters. The summed E-state index contributed by atoms with van der Waals surface area (Å²) in [6.07, 6.45) is 2.52. The molecule has 3 aromatic carbocycles. The lowest BCUT2D eigenvalue weighted by atomic mass is 10.0. The van der Waals surface area contributed by atoms with Gasteiger partial charge in [0.1, 0.15) is 0 Å². The van der Waals surface area contributed by atoms with E-state index in [-0.39, 0.29) is 5.91 Å². The monoisotopic (exact) mass is 394 g/mol. The SMILES string of the molecule is O=C(Nc1ccc(N2CCCC2)cc1)c1cccc2c(Br)cccc12. The van der Waals surface area contributed by atoms with Crippen molar-refractivity contribution in [1.29, 1.82) is 0 Å². The smallest absolute Gasteiger partial charge is 0.256 e. The normalized spacial score (nSPS) is 14.0. The van der Waals surface area contributed by atoms with E-state index in [1.54, 1.807) is 0 Å². The maximum Gasteiger partial charge on any atom is 0.256 e. The van der Waals surface area contributed by atoms with Gasteiger partial charge in [0.15, 0.2) is 0 Å². The van der Waals surface area contributed by atoms with Gasteiger partial charge in [-0.05, 0) is 60.0 Å². The van der Waals surface area contributed by atoms with Crippen LogP contribution in [0.5, 0.6) is 0 Å². The Balaban J connectivity index is 1.57. The molecule has 1 aliphatic heterocycles. The Bertz CT molecular complexity index is 915. The summed E-state index contributed by atoms with van der Waals surface area (Å²) in [6.45, 7) is 2.24. The van der Waals surface area contributed by atoms with Crippen LogP contribution in [0.1, 0.15) is 23.2 Å². The lowest BCUT2D eigenvalue weighted by Crippen LogP contribution is -2.17. The number of fused-ring (bicyclic) bond motifs is 1. The molecule has 25 heavy (non-hydrogen) atoms. The summed E-state index contributed by atoms with van der Waals surface area (Å²) < 4.78 is 0.995. The van der Waals surface area contributed by atoms with Crippen molar-refractivity contribution in [1.82, 2.24) is 0 Å². The predicted octanol–water partition coefficient (Wildman–Crippen LogP) is 5.45. The molecule has 4 heteroatoms. The average Bonchev–Trinajstić information content (AvgIpc) is 3.17. The van der Waals surface area contributed by atoms with E-state index in [1.165, 1.54) is 18.5 Å². The van der Waals surface area contributed by atoms with Gasteiger partial charge in [0.2, 0.25) is 0 Å². The van der Waals surface area contributed by atoms with E-state index in [1.807, 2.05) is 48.5 Å². The molecule has 1 heterocycles. The first-order chi connectivity index (χ1) is 12.2. The Hall–Kier alpha value is -2.33. The van der Waals surface area contributed by atoms with E-state index >= 15 is 0 Å². The molecule has 1 N–H and O–H groups in total. The van der Waals surface area contributed by atoms with Crippen LogP contribution < -0.4 is 10.2 Å². The number of nitrogens with zero attached hydrogens (tertiary/aromatic N) is 1. The Morgan fingerprint density at radius 2 is 1.56 bits per heavy atom. The van der Waals surface area contributed by atoms with Crippen LogP contribution in [0.3, 0.4) is 0 Å². The minimum Gasteiger partial charge on any atom is -0.372 e. The number of carbonyl (C=O) groups excluding carboxylic acids is 1. The topological polar surface area (TPSA) is 32.3 Å². The van der Waals surface area contributed by atoms with Crippen LogP contribution in [0.4, 0.5) is 11.4 Å². The Kier molecular flexibility index (Phi) is 4.45. The van der Waals surface area contributed by atoms with E-state index < -0.39 is 0 Å². The van der Waals surface area contributed by atoms with Crippen LogP contribution in [-0.4, -0.2) is 19.0 Å². The van der Waals surface area contributed by atoms with Gasteiger partial charge in [-0.25, -0.2) is 0 Å². The minimum atomic E-state index is -0.0855. The quantitative estimate of drug-likeness (QED) is 0.639. The predicted molar refractivity (Wildman–Crippen MR) is 107 cm³/mol. The molecule has 0 saturated carbocycles. The molecule has 0 aliphatic carbocycles. The summed E-state index contributed by atoms with van der Waals surface area (Å²) in [7, 11) is 0. The third kappa shape index (κ3) is 3.27. The maximum atomic E-state index is 12.7. The third-order valence-corrected chi connectivity index (χ3v) is 5.40. The van der Waals surface area contributed by atoms with Crippen LogP contribution in [0, 0.1) is 0 Å². The lowest BCUT2D eigenvalue weighted by molar-refractivity contribution is 0.102. The number of amides is 1. The zero-order valence-electron chi connectivity index (χ0n) is 13.8. The first kappa shape index (κ1) is 16.2. The number of nitrogens with one attached hydrogen (secondary N) is 1. The summed E-state index contributed by atoms with van der Waals surface area (Å²) >= 11 is 3.55. The number of hydrogen-bond acceptors (Lipinski definition) is 2. The van der Waals surface area contributed by atoms with Crippen molar-refractivity contribution in [3.8, 4) is 0 Å². The van der Waals surface area contributed by atoms with E-state index in [0.717, 1.165) is 34.0 Å². The molecule has 0 aromatic heterocycles. The lowest BCUT2D eigenvalue weighted by Gasteiger charge is -2.18. The van der Waals surface area contributed by atoms with Gasteiger partial charge in [0.05, 0.1) is 0 Å². The number of carbonyl (C=O) groups is 1. The standard InChI is InChI=1S/C21H19BrN2O/c22-20-8-4-5-17-18(20)6-3-7-19(17)21(25)23-15-9-11-16(12-10-15)24-13-1-2-14-24/h3-12H,1-2,13-14H2,(H,23,25). The number of halogens is 1. The molecule has 0 radical (unpaired) electrons. The van der Waals surface area contributed by atoms with Gasteiger partial charge >= 0.3 is 0 Å². The highest BCUT2D eigenvalue weighted by Gasteiger charge is 2.13. The molecule has 126 valence electrons. The first-order valence-electron chi connectivity index (χ1n) is 8.56. The fourth-order valence-electron chi connectivity index (χ4n) is 3.40. The molecule has 4 rings (SSSR count). The Labute approximate surface area is 155 Å². The molecule has 1 saturated heterocycles. The van der Waals surface area contributed by atoms with Crippen LogP contribution >= 0.6 is 15.9 Å². The van der Waals surface area contributed by atoms with Crippen molar-refractivity contribution >= 4 is 44.0 Å². The zero-order valence-corrected chi connectivity index (χ0v) is 15.4. The second-order valence-electron chi connectivity index (χ2n) is 6.34. The number of anilines is 2. The van der Waals surface area contributed by atoms with Crippen molar-refractivity contribution in [2.45, 2.75) is 12.8 Å². The highest BCUT2D eigenvalue weighted by molar-refractivity contribution is 9.10. The zero-order chi connectivity index (χ0) is 17.2. The van der Waals surface area contributed by atoms with Gasteiger partial charge in [0.25, 0.3) is 5.91 Å². The molecule has 0 atom stereocenters. The summed E-state index contributed by atoms with van der Waals surface area (Å²) in [6, 6.07) is 19.8. The van der Waals surface area contributed by atoms with Crippen molar-refractivity contribution in [3.05, 3.63) is 70.7 Å². The molecule has 3 aromatic rings. The summed E-state index contributed by atoms with van der Waals surface area (Å²) in [5.74, 6) is -0.0855. The molecule has 1 amide bonds. The minimum absolute atomic E-state index is 0.0855. The van der Waals surface area contributed by atoms with Crippen molar-refractivity contribution < 1.29 is 4.79 Å². The largest absolute Gasteiger partial charge is 0.372 e. The second-order valence-corrected chi connectivity index (χ2v) is 7.19. The van der Waals surface area contributed by atoms with Gasteiger partial charge in [-0.2, -0.15) is 0 Å². The van der Waals surface area contributed by atoms with Gasteiger partial charge < -0.3 is 10.2 Å². The van der Waals surface area contributed by atoms with Crippen LogP contribution in [0.15, 0.2) is 65.1 Å². The van der Waals surface area contributed by atoms with Crippen LogP contribution in [0.25, 0.3) is 10.8 Å². The third-order valence-electron chi connectivity index (χ3n) is 4.71. The van der Waals surface area contributed by atoms with Gasteiger partial charge in [-0.1, -0.05) is 40.2 Å². The molecule has 0 bridgehead atoms. The molecule has 1 fully saturated rings. The highest BCUT2D eigenvalue weighted by atomic mass is 79.9. The number of hydrogen-bond donors (Lipinski definition) is 1. The summed E-state index contributed by atoms with van der Waals surface area (Å²) in [5.41, 5.74) is 2.73. The van der Waals surface area contributed by atoms with E-state index in [4.69, 9.17) is 0 Å². The van der Waals surface area contributed by atoms with E-state index in [0.29, 0.717) is 5.56 Å².